The van der Waals surface area contributed by atoms with E-state index in [4.69, 9.17) is 0 Å². The van der Waals surface area contributed by atoms with Gasteiger partial charge < -0.3 is 4.98 Å². The van der Waals surface area contributed by atoms with Crippen molar-refractivity contribution in [2.24, 2.45) is 4.99 Å². The number of allylic oxidation sites excluding steroid dienone is 2. The van der Waals surface area contributed by atoms with E-state index in [1.807, 2.05) is 18.2 Å². The van der Waals surface area contributed by atoms with Gasteiger partial charge in [0.2, 0.25) is 0 Å². The van der Waals surface area contributed by atoms with Gasteiger partial charge in [-0.2, -0.15) is 0 Å². The van der Waals surface area contributed by atoms with Crippen LogP contribution in [0, 0.1) is 0 Å². The van der Waals surface area contributed by atoms with Crippen molar-refractivity contribution in [2.75, 3.05) is 0 Å². The Bertz CT molecular complexity index is 370. The average Bonchev–Trinajstić information content (AvgIpc) is 2.35. The molecule has 11 heavy (non-hydrogen) atoms. The zero-order valence-electron chi connectivity index (χ0n) is 5.86. The standard InChI is InChI=1S/C8H7N3/c1-2-4-9-5-8-7(3-1)10-6-11-8/h1-6H,(H,10,11)/b2-1?,3-1?,4-2?,7-3+,8-5-,9-4?,9-5?. The second-order valence-corrected chi connectivity index (χ2v) is 2.18. The van der Waals surface area contributed by atoms with Gasteiger partial charge in [-0.25, -0.2) is 4.98 Å². The minimum Gasteiger partial charge on any atom is -0.343 e. The molecule has 0 fully saturated rings. The number of fused-ring (bicyclic) bond motifs is 1. The van der Waals surface area contributed by atoms with Gasteiger partial charge in [-0.1, -0.05) is 6.08 Å². The van der Waals surface area contributed by atoms with Crippen LogP contribution in [0.25, 0.3) is 12.3 Å². The van der Waals surface area contributed by atoms with Gasteiger partial charge in [0.1, 0.15) is 0 Å². The quantitative estimate of drug-likeness (QED) is 0.528. The molecule has 1 aromatic rings. The van der Waals surface area contributed by atoms with Crippen LogP contribution < -0.4 is 10.7 Å². The first-order valence-corrected chi connectivity index (χ1v) is 3.36. The molecule has 0 amide bonds. The Kier molecular flexibility index (Phi) is 1.41. The van der Waals surface area contributed by atoms with Crippen molar-refractivity contribution in [3.05, 3.63) is 29.2 Å². The molecule has 1 aliphatic heterocycles. The summed E-state index contributed by atoms with van der Waals surface area (Å²) < 4.78 is 0. The molecule has 0 spiro atoms. The Morgan fingerprint density at radius 3 is 3.27 bits per heavy atom. The number of imidazole rings is 1. The van der Waals surface area contributed by atoms with Crippen LogP contribution in [0.3, 0.4) is 0 Å². The molecule has 0 unspecified atom stereocenters. The lowest BCUT2D eigenvalue weighted by atomic mass is 10.4. The molecule has 0 saturated carbocycles. The number of aromatic amines is 1. The second kappa shape index (κ2) is 2.54. The fourth-order valence-corrected chi connectivity index (χ4v) is 0.915. The van der Waals surface area contributed by atoms with E-state index in [-0.39, 0.29) is 0 Å². The summed E-state index contributed by atoms with van der Waals surface area (Å²) in [5.74, 6) is 0. The highest BCUT2D eigenvalue weighted by atomic mass is 14.9. The first-order valence-electron chi connectivity index (χ1n) is 3.36. The first kappa shape index (κ1) is 6.09. The fourth-order valence-electron chi connectivity index (χ4n) is 0.915. The molecule has 0 bridgehead atoms. The first-order chi connectivity index (χ1) is 5.47. The largest absolute Gasteiger partial charge is 0.343 e. The molecule has 0 aromatic carbocycles. The maximum atomic E-state index is 4.09. The number of aromatic nitrogens is 2. The van der Waals surface area contributed by atoms with Crippen LogP contribution in [0.1, 0.15) is 0 Å². The number of hydrogen-bond acceptors (Lipinski definition) is 2. The fraction of sp³-hybridized carbons (Fsp3) is 0. The van der Waals surface area contributed by atoms with Gasteiger partial charge in [-0.3, -0.25) is 4.99 Å². The van der Waals surface area contributed by atoms with E-state index in [9.17, 15) is 0 Å². The molecule has 54 valence electrons. The predicted molar refractivity (Wildman–Crippen MR) is 44.4 cm³/mol. The summed E-state index contributed by atoms with van der Waals surface area (Å²) in [7, 11) is 0. The highest BCUT2D eigenvalue weighted by molar-refractivity contribution is 5.75. The summed E-state index contributed by atoms with van der Waals surface area (Å²) in [6.07, 6.45) is 10.9. The predicted octanol–water partition coefficient (Wildman–Crippen LogP) is -0.431. The van der Waals surface area contributed by atoms with Crippen LogP contribution in [0.15, 0.2) is 23.5 Å². The van der Waals surface area contributed by atoms with Crippen molar-refractivity contribution < 1.29 is 0 Å². The number of aliphatic imine (C=N–C) groups is 1. The number of rotatable bonds is 0. The highest BCUT2D eigenvalue weighted by Gasteiger charge is 1.85. The van der Waals surface area contributed by atoms with Gasteiger partial charge in [0.15, 0.2) is 0 Å². The molecule has 0 saturated heterocycles. The van der Waals surface area contributed by atoms with Gasteiger partial charge in [-0.05, 0) is 12.2 Å². The van der Waals surface area contributed by atoms with Gasteiger partial charge in [-0.15, -0.1) is 0 Å². The van der Waals surface area contributed by atoms with Crippen molar-refractivity contribution in [1.29, 1.82) is 0 Å². The maximum absolute atomic E-state index is 4.09. The molecule has 0 aliphatic carbocycles. The smallest absolute Gasteiger partial charge is 0.0932 e. The molecule has 1 aromatic heterocycles. The molecule has 1 aliphatic rings. The molecule has 2 heterocycles. The minimum atomic E-state index is 0.929. The number of H-pyrrole nitrogens is 1. The molecular weight excluding hydrogens is 138 g/mol. The van der Waals surface area contributed by atoms with E-state index in [1.165, 1.54) is 0 Å². The molecule has 0 atom stereocenters. The molecule has 3 heteroatoms. The minimum absolute atomic E-state index is 0.929. The summed E-state index contributed by atoms with van der Waals surface area (Å²) in [5.41, 5.74) is 0. The Balaban J connectivity index is 2.80. The Hall–Kier alpha value is -1.64. The lowest BCUT2D eigenvalue weighted by Gasteiger charge is -1.80. The summed E-state index contributed by atoms with van der Waals surface area (Å²) in [6.45, 7) is 0. The summed E-state index contributed by atoms with van der Waals surface area (Å²) in [6, 6.07) is 0. The normalized spacial score (nSPS) is 20.4. The van der Waals surface area contributed by atoms with Crippen LogP contribution in [0.4, 0.5) is 0 Å². The van der Waals surface area contributed by atoms with Crippen LogP contribution in [0.2, 0.25) is 0 Å². The topological polar surface area (TPSA) is 41.0 Å². The third-order valence-electron chi connectivity index (χ3n) is 1.44. The second-order valence-electron chi connectivity index (χ2n) is 2.18. The Morgan fingerprint density at radius 2 is 2.27 bits per heavy atom. The van der Waals surface area contributed by atoms with Crippen LogP contribution >= 0.6 is 0 Å². The number of hydrogen-bond donors (Lipinski definition) is 1. The monoisotopic (exact) mass is 145 g/mol. The van der Waals surface area contributed by atoms with Gasteiger partial charge in [0, 0.05) is 6.21 Å². The lowest BCUT2D eigenvalue weighted by molar-refractivity contribution is 1.28. The van der Waals surface area contributed by atoms with Crippen molar-refractivity contribution >= 4 is 18.5 Å². The van der Waals surface area contributed by atoms with Crippen molar-refractivity contribution in [2.45, 2.75) is 0 Å². The number of nitrogens with one attached hydrogen (secondary N) is 1. The van der Waals surface area contributed by atoms with E-state index in [2.05, 4.69) is 15.0 Å². The Labute approximate surface area is 63.5 Å². The molecule has 1 N–H and O–H groups in total. The van der Waals surface area contributed by atoms with Gasteiger partial charge in [0.05, 0.1) is 23.2 Å². The average molecular weight is 145 g/mol. The molecular formula is C8H7N3. The SMILES string of the molecule is C1=C/C=c2/nc[nH]/c2=C\N=C1. The third kappa shape index (κ3) is 1.12. The lowest BCUT2D eigenvalue weighted by Crippen LogP contribution is -2.23. The summed E-state index contributed by atoms with van der Waals surface area (Å²) in [4.78, 5) is 11.1. The van der Waals surface area contributed by atoms with E-state index in [0.717, 1.165) is 10.7 Å². The summed E-state index contributed by atoms with van der Waals surface area (Å²) in [5, 5.41) is 1.88. The zero-order chi connectivity index (χ0) is 7.52. The Morgan fingerprint density at radius 1 is 1.27 bits per heavy atom. The summed E-state index contributed by atoms with van der Waals surface area (Å²) >= 11 is 0. The van der Waals surface area contributed by atoms with E-state index in [0.29, 0.717) is 0 Å². The molecule has 2 rings (SSSR count). The highest BCUT2D eigenvalue weighted by Crippen LogP contribution is 1.75. The van der Waals surface area contributed by atoms with Crippen LogP contribution in [-0.2, 0) is 0 Å². The van der Waals surface area contributed by atoms with E-state index in [1.54, 1.807) is 18.7 Å². The van der Waals surface area contributed by atoms with Crippen LogP contribution in [0.5, 0.6) is 0 Å². The van der Waals surface area contributed by atoms with Crippen molar-refractivity contribution in [3.8, 4) is 0 Å². The van der Waals surface area contributed by atoms with Crippen molar-refractivity contribution in [1.82, 2.24) is 9.97 Å². The van der Waals surface area contributed by atoms with Gasteiger partial charge >= 0.3 is 0 Å². The number of nitrogens with zero attached hydrogens (tertiary/aromatic N) is 2. The van der Waals surface area contributed by atoms with E-state index >= 15 is 0 Å². The van der Waals surface area contributed by atoms with Crippen molar-refractivity contribution in [3.63, 3.8) is 0 Å². The van der Waals surface area contributed by atoms with Gasteiger partial charge in [0.25, 0.3) is 0 Å². The van der Waals surface area contributed by atoms with Crippen LogP contribution in [-0.4, -0.2) is 16.2 Å². The molecule has 0 radical (unpaired) electrons. The molecule has 3 nitrogen and oxygen atoms in total. The third-order valence-corrected chi connectivity index (χ3v) is 1.44. The van der Waals surface area contributed by atoms with E-state index < -0.39 is 0 Å². The maximum Gasteiger partial charge on any atom is 0.0932 e. The zero-order valence-corrected chi connectivity index (χ0v) is 5.86.